The largest absolute Gasteiger partial charge is 0.145 e. The summed E-state index contributed by atoms with van der Waals surface area (Å²) in [4.78, 5) is 2.97. The van der Waals surface area contributed by atoms with E-state index in [1.54, 1.807) is 0 Å². The summed E-state index contributed by atoms with van der Waals surface area (Å²) in [6.07, 6.45) is 3.49. The van der Waals surface area contributed by atoms with Gasteiger partial charge in [0.2, 0.25) is 0 Å². The summed E-state index contributed by atoms with van der Waals surface area (Å²) in [5.74, 6) is 0. The maximum absolute atomic E-state index is 3.51. The van der Waals surface area contributed by atoms with Gasteiger partial charge < -0.3 is 0 Å². The molecule has 1 aromatic heterocycles. The molecular weight excluding hydrogens is 280 g/mol. The Bertz CT molecular complexity index is 459. The van der Waals surface area contributed by atoms with Gasteiger partial charge in [0, 0.05) is 20.6 Å². The molecule has 0 aliphatic rings. The fourth-order valence-electron chi connectivity index (χ4n) is 1.75. The van der Waals surface area contributed by atoms with Crippen molar-refractivity contribution >= 4 is 27.3 Å². The first kappa shape index (κ1) is 11.9. The molecule has 0 nitrogen and oxygen atoms in total. The maximum atomic E-state index is 3.51. The van der Waals surface area contributed by atoms with E-state index in [4.69, 9.17) is 0 Å². The van der Waals surface area contributed by atoms with Crippen LogP contribution in [-0.2, 0) is 12.8 Å². The average Bonchev–Trinajstić information content (AvgIpc) is 2.66. The maximum Gasteiger partial charge on any atom is 0.0178 e. The normalized spacial score (nSPS) is 10.6. The van der Waals surface area contributed by atoms with Crippen LogP contribution in [0, 0.1) is 0 Å². The first-order valence-corrected chi connectivity index (χ1v) is 7.21. The molecule has 0 saturated carbocycles. The zero-order chi connectivity index (χ0) is 11.4. The molecule has 0 amide bonds. The molecule has 16 heavy (non-hydrogen) atoms. The van der Waals surface area contributed by atoms with Crippen molar-refractivity contribution in [3.63, 3.8) is 0 Å². The second kappa shape index (κ2) is 5.65. The van der Waals surface area contributed by atoms with E-state index in [0.717, 1.165) is 10.9 Å². The molecule has 0 N–H and O–H groups in total. The van der Waals surface area contributed by atoms with E-state index in [-0.39, 0.29) is 0 Å². The van der Waals surface area contributed by atoms with Crippen molar-refractivity contribution in [2.24, 2.45) is 0 Å². The van der Waals surface area contributed by atoms with Gasteiger partial charge >= 0.3 is 0 Å². The quantitative estimate of drug-likeness (QED) is 0.740. The number of hydrogen-bond donors (Lipinski definition) is 0. The fourth-order valence-corrected chi connectivity index (χ4v) is 3.35. The van der Waals surface area contributed by atoms with Crippen LogP contribution in [-0.4, -0.2) is 0 Å². The lowest BCUT2D eigenvalue weighted by Crippen LogP contribution is -1.83. The number of halogens is 1. The number of benzene rings is 1. The predicted octanol–water partition coefficient (Wildman–Crippen LogP) is 5.05. The van der Waals surface area contributed by atoms with Gasteiger partial charge in [0.25, 0.3) is 0 Å². The smallest absolute Gasteiger partial charge is 0.0178 e. The summed E-state index contributed by atoms with van der Waals surface area (Å²) < 4.78 is 1.16. The zero-order valence-corrected chi connectivity index (χ0v) is 11.8. The topological polar surface area (TPSA) is 0 Å². The Balaban J connectivity index is 2.08. The number of aryl methyl sites for hydroxylation is 1. The van der Waals surface area contributed by atoms with Crippen LogP contribution in [0.4, 0.5) is 0 Å². The summed E-state index contributed by atoms with van der Waals surface area (Å²) in [6.45, 7) is 2.23. The Labute approximate surface area is 109 Å². The average molecular weight is 295 g/mol. The van der Waals surface area contributed by atoms with Crippen molar-refractivity contribution in [3.8, 4) is 0 Å². The third-order valence-corrected chi connectivity index (χ3v) is 4.12. The molecule has 0 spiro atoms. The SMILES string of the molecule is CCCc1ccc(Cc2cccc(Br)c2)s1. The predicted molar refractivity (Wildman–Crippen MR) is 75.3 cm³/mol. The van der Waals surface area contributed by atoms with Gasteiger partial charge in [-0.1, -0.05) is 41.4 Å². The van der Waals surface area contributed by atoms with E-state index in [0.29, 0.717) is 0 Å². The van der Waals surface area contributed by atoms with Gasteiger partial charge in [-0.2, -0.15) is 0 Å². The van der Waals surface area contributed by atoms with Gasteiger partial charge in [-0.05, 0) is 36.2 Å². The van der Waals surface area contributed by atoms with Crippen LogP contribution in [0.5, 0.6) is 0 Å². The van der Waals surface area contributed by atoms with E-state index >= 15 is 0 Å². The van der Waals surface area contributed by atoms with Gasteiger partial charge in [-0.3, -0.25) is 0 Å². The Kier molecular flexibility index (Phi) is 4.19. The molecule has 2 rings (SSSR count). The number of thiophene rings is 1. The molecule has 0 aliphatic carbocycles. The highest BCUT2D eigenvalue weighted by Gasteiger charge is 2.01. The van der Waals surface area contributed by atoms with E-state index in [1.807, 2.05) is 11.3 Å². The number of hydrogen-bond acceptors (Lipinski definition) is 1. The Hall–Kier alpha value is -0.600. The Morgan fingerprint density at radius 1 is 1.12 bits per heavy atom. The number of rotatable bonds is 4. The molecule has 0 radical (unpaired) electrons. The monoisotopic (exact) mass is 294 g/mol. The van der Waals surface area contributed by atoms with Gasteiger partial charge in [-0.15, -0.1) is 11.3 Å². The Morgan fingerprint density at radius 2 is 1.94 bits per heavy atom. The van der Waals surface area contributed by atoms with Crippen molar-refractivity contribution in [1.82, 2.24) is 0 Å². The third-order valence-electron chi connectivity index (χ3n) is 2.48. The van der Waals surface area contributed by atoms with Crippen LogP contribution in [0.2, 0.25) is 0 Å². The van der Waals surface area contributed by atoms with E-state index in [1.165, 1.54) is 28.2 Å². The van der Waals surface area contributed by atoms with Gasteiger partial charge in [-0.25, -0.2) is 0 Å². The van der Waals surface area contributed by atoms with Crippen LogP contribution in [0.15, 0.2) is 40.9 Å². The lowest BCUT2D eigenvalue weighted by atomic mass is 10.1. The van der Waals surface area contributed by atoms with Crippen molar-refractivity contribution < 1.29 is 0 Å². The molecule has 0 aliphatic heterocycles. The molecular formula is C14H15BrS. The molecule has 0 saturated heterocycles. The van der Waals surface area contributed by atoms with Crippen LogP contribution in [0.1, 0.15) is 28.7 Å². The molecule has 0 unspecified atom stereocenters. The molecule has 0 fully saturated rings. The van der Waals surface area contributed by atoms with Crippen molar-refractivity contribution in [3.05, 3.63) is 56.2 Å². The standard InChI is InChI=1S/C14H15BrS/c1-2-4-13-7-8-14(16-13)10-11-5-3-6-12(15)9-11/h3,5-9H,2,4,10H2,1H3. The van der Waals surface area contributed by atoms with Gasteiger partial charge in [0.15, 0.2) is 0 Å². The molecule has 2 aromatic rings. The first-order chi connectivity index (χ1) is 7.78. The molecule has 1 aromatic carbocycles. The van der Waals surface area contributed by atoms with Gasteiger partial charge in [0.1, 0.15) is 0 Å². The highest BCUT2D eigenvalue weighted by atomic mass is 79.9. The summed E-state index contributed by atoms with van der Waals surface area (Å²) in [5.41, 5.74) is 1.37. The van der Waals surface area contributed by atoms with Gasteiger partial charge in [0.05, 0.1) is 0 Å². The third kappa shape index (κ3) is 3.19. The zero-order valence-electron chi connectivity index (χ0n) is 9.37. The minimum Gasteiger partial charge on any atom is -0.145 e. The minimum atomic E-state index is 1.05. The van der Waals surface area contributed by atoms with Crippen molar-refractivity contribution in [1.29, 1.82) is 0 Å². The first-order valence-electron chi connectivity index (χ1n) is 5.60. The second-order valence-electron chi connectivity index (χ2n) is 3.92. The summed E-state index contributed by atoms with van der Waals surface area (Å²) in [6, 6.07) is 13.1. The van der Waals surface area contributed by atoms with E-state index in [9.17, 15) is 0 Å². The van der Waals surface area contributed by atoms with Crippen molar-refractivity contribution in [2.45, 2.75) is 26.2 Å². The molecule has 84 valence electrons. The highest BCUT2D eigenvalue weighted by Crippen LogP contribution is 2.22. The van der Waals surface area contributed by atoms with Crippen molar-refractivity contribution in [2.75, 3.05) is 0 Å². The molecule has 0 bridgehead atoms. The van der Waals surface area contributed by atoms with E-state index < -0.39 is 0 Å². The lowest BCUT2D eigenvalue weighted by molar-refractivity contribution is 0.940. The molecule has 0 atom stereocenters. The molecule has 2 heteroatoms. The van der Waals surface area contributed by atoms with Crippen LogP contribution < -0.4 is 0 Å². The minimum absolute atomic E-state index is 1.05. The molecule has 1 heterocycles. The van der Waals surface area contributed by atoms with E-state index in [2.05, 4.69) is 59.3 Å². The Morgan fingerprint density at radius 3 is 2.69 bits per heavy atom. The summed E-state index contributed by atoms with van der Waals surface area (Å²) >= 11 is 5.45. The van der Waals surface area contributed by atoms with Crippen LogP contribution in [0.25, 0.3) is 0 Å². The van der Waals surface area contributed by atoms with Crippen LogP contribution in [0.3, 0.4) is 0 Å². The lowest BCUT2D eigenvalue weighted by Gasteiger charge is -1.99. The summed E-state index contributed by atoms with van der Waals surface area (Å²) in [5, 5.41) is 0. The fraction of sp³-hybridized carbons (Fsp3) is 0.286. The highest BCUT2D eigenvalue weighted by molar-refractivity contribution is 9.10. The van der Waals surface area contributed by atoms with Crippen LogP contribution >= 0.6 is 27.3 Å². The summed E-state index contributed by atoms with van der Waals surface area (Å²) in [7, 11) is 0. The second-order valence-corrected chi connectivity index (χ2v) is 6.09.